The van der Waals surface area contributed by atoms with Gasteiger partial charge in [0.25, 0.3) is 5.69 Å². The van der Waals surface area contributed by atoms with E-state index >= 15 is 0 Å². The lowest BCUT2D eigenvalue weighted by Crippen LogP contribution is -2.30. The molecule has 0 aliphatic heterocycles. The highest BCUT2D eigenvalue weighted by Crippen LogP contribution is 2.29. The van der Waals surface area contributed by atoms with Gasteiger partial charge in [-0.2, -0.15) is 4.31 Å². The topological polar surface area (TPSA) is 80.5 Å². The lowest BCUT2D eigenvalue weighted by atomic mass is 10.1. The Balaban J connectivity index is 2.42. The van der Waals surface area contributed by atoms with E-state index < -0.39 is 37.5 Å². The minimum absolute atomic E-state index is 0.193. The van der Waals surface area contributed by atoms with Crippen molar-refractivity contribution >= 4 is 15.7 Å². The second-order valence-electron chi connectivity index (χ2n) is 5.12. The largest absolute Gasteiger partial charge is 0.269 e. The molecule has 2 rings (SSSR count). The smallest absolute Gasteiger partial charge is 0.258 e. The maximum Gasteiger partial charge on any atom is 0.269 e. The number of halogens is 2. The molecule has 0 bridgehead atoms. The first-order valence-corrected chi connectivity index (χ1v) is 8.26. The Morgan fingerprint density at radius 3 is 2.46 bits per heavy atom. The predicted molar refractivity (Wildman–Crippen MR) is 82.8 cm³/mol. The summed E-state index contributed by atoms with van der Waals surface area (Å²) in [7, 11) is -3.13. The standard InChI is InChI=1S/C15H14F2N2O4S/c1-10(11-4-3-5-13(8-11)19(20)21)18(2)24(22,23)15-9-12(16)6-7-14(15)17/h3-10H,1-2H3. The van der Waals surface area contributed by atoms with Gasteiger partial charge in [0.1, 0.15) is 16.5 Å². The van der Waals surface area contributed by atoms with Crippen LogP contribution in [-0.4, -0.2) is 24.7 Å². The minimum atomic E-state index is -4.32. The quantitative estimate of drug-likeness (QED) is 0.608. The Bertz CT molecular complexity index is 887. The van der Waals surface area contributed by atoms with Crippen molar-refractivity contribution in [2.24, 2.45) is 0 Å². The van der Waals surface area contributed by atoms with E-state index in [2.05, 4.69) is 0 Å². The third-order valence-corrected chi connectivity index (χ3v) is 5.60. The fraction of sp³-hybridized carbons (Fsp3) is 0.200. The van der Waals surface area contributed by atoms with Gasteiger partial charge in [-0.05, 0) is 30.7 Å². The molecule has 128 valence electrons. The molecule has 0 aliphatic rings. The van der Waals surface area contributed by atoms with Gasteiger partial charge in [0.05, 0.1) is 4.92 Å². The van der Waals surface area contributed by atoms with E-state index in [4.69, 9.17) is 0 Å². The highest BCUT2D eigenvalue weighted by Gasteiger charge is 2.29. The molecule has 0 saturated heterocycles. The fourth-order valence-corrected chi connectivity index (χ4v) is 3.57. The molecule has 0 amide bonds. The van der Waals surface area contributed by atoms with Gasteiger partial charge >= 0.3 is 0 Å². The Hall–Kier alpha value is -2.39. The van der Waals surface area contributed by atoms with Crippen molar-refractivity contribution in [3.63, 3.8) is 0 Å². The van der Waals surface area contributed by atoms with Crippen molar-refractivity contribution < 1.29 is 22.1 Å². The number of hydrogen-bond donors (Lipinski definition) is 0. The molecule has 0 heterocycles. The SMILES string of the molecule is CC(c1cccc([N+](=O)[O-])c1)N(C)S(=O)(=O)c1cc(F)ccc1F. The van der Waals surface area contributed by atoms with Crippen LogP contribution in [0.25, 0.3) is 0 Å². The number of nitro benzene ring substituents is 1. The van der Waals surface area contributed by atoms with E-state index in [9.17, 15) is 27.3 Å². The van der Waals surface area contributed by atoms with Crippen molar-refractivity contribution in [1.82, 2.24) is 4.31 Å². The van der Waals surface area contributed by atoms with Crippen molar-refractivity contribution in [3.05, 3.63) is 69.8 Å². The Labute approximate surface area is 137 Å². The molecule has 1 atom stereocenters. The first-order chi connectivity index (χ1) is 11.1. The van der Waals surface area contributed by atoms with E-state index in [-0.39, 0.29) is 5.69 Å². The second-order valence-corrected chi connectivity index (χ2v) is 7.09. The van der Waals surface area contributed by atoms with Gasteiger partial charge in [-0.15, -0.1) is 0 Å². The van der Waals surface area contributed by atoms with Crippen molar-refractivity contribution in [2.75, 3.05) is 7.05 Å². The van der Waals surface area contributed by atoms with Gasteiger partial charge in [-0.3, -0.25) is 10.1 Å². The van der Waals surface area contributed by atoms with Crippen LogP contribution in [-0.2, 0) is 10.0 Å². The normalized spacial score (nSPS) is 13.0. The lowest BCUT2D eigenvalue weighted by molar-refractivity contribution is -0.384. The zero-order valence-electron chi connectivity index (χ0n) is 12.8. The number of nitro groups is 1. The van der Waals surface area contributed by atoms with E-state index in [1.165, 1.54) is 38.2 Å². The van der Waals surface area contributed by atoms with Gasteiger partial charge < -0.3 is 0 Å². The molecule has 2 aromatic rings. The number of rotatable bonds is 5. The Morgan fingerprint density at radius 2 is 1.83 bits per heavy atom. The molecule has 0 radical (unpaired) electrons. The number of sulfonamides is 1. The highest BCUT2D eigenvalue weighted by atomic mass is 32.2. The van der Waals surface area contributed by atoms with Crippen molar-refractivity contribution in [3.8, 4) is 0 Å². The van der Waals surface area contributed by atoms with Gasteiger partial charge in [0.2, 0.25) is 10.0 Å². The van der Waals surface area contributed by atoms with Crippen LogP contribution in [0, 0.1) is 21.7 Å². The zero-order valence-corrected chi connectivity index (χ0v) is 13.6. The van der Waals surface area contributed by atoms with Crippen LogP contribution in [0.2, 0.25) is 0 Å². The van der Waals surface area contributed by atoms with Crippen molar-refractivity contribution in [1.29, 1.82) is 0 Å². The van der Waals surface area contributed by atoms with Gasteiger partial charge in [0.15, 0.2) is 0 Å². The molecule has 0 saturated carbocycles. The zero-order chi connectivity index (χ0) is 18.1. The molecule has 9 heteroatoms. The molecule has 0 aromatic heterocycles. The summed E-state index contributed by atoms with van der Waals surface area (Å²) in [6.45, 7) is 1.49. The van der Waals surface area contributed by atoms with Crippen LogP contribution >= 0.6 is 0 Å². The van der Waals surface area contributed by atoms with E-state index in [1.807, 2.05) is 0 Å². The summed E-state index contributed by atoms with van der Waals surface area (Å²) >= 11 is 0. The Morgan fingerprint density at radius 1 is 1.17 bits per heavy atom. The number of non-ortho nitro benzene ring substituents is 1. The van der Waals surface area contributed by atoms with Crippen LogP contribution in [0.4, 0.5) is 14.5 Å². The summed E-state index contributed by atoms with van der Waals surface area (Å²) in [6, 6.07) is 6.78. The van der Waals surface area contributed by atoms with Crippen LogP contribution in [0.5, 0.6) is 0 Å². The summed E-state index contributed by atoms with van der Waals surface area (Å²) in [6.07, 6.45) is 0. The first-order valence-electron chi connectivity index (χ1n) is 6.82. The molecular formula is C15H14F2N2O4S. The summed E-state index contributed by atoms with van der Waals surface area (Å²) in [5.41, 5.74) is 0.161. The molecular weight excluding hydrogens is 342 g/mol. The highest BCUT2D eigenvalue weighted by molar-refractivity contribution is 7.89. The second kappa shape index (κ2) is 6.62. The molecule has 1 unspecified atom stereocenters. The van der Waals surface area contributed by atoms with Crippen molar-refractivity contribution in [2.45, 2.75) is 17.9 Å². The first kappa shape index (κ1) is 18.0. The number of hydrogen-bond acceptors (Lipinski definition) is 4. The third kappa shape index (κ3) is 3.41. The summed E-state index contributed by atoms with van der Waals surface area (Å²) in [5.74, 6) is -1.96. The van der Waals surface area contributed by atoms with Crippen LogP contribution in [0.1, 0.15) is 18.5 Å². The van der Waals surface area contributed by atoms with Crippen LogP contribution in [0.15, 0.2) is 47.4 Å². The average Bonchev–Trinajstić information content (AvgIpc) is 2.55. The molecule has 6 nitrogen and oxygen atoms in total. The maximum absolute atomic E-state index is 13.8. The number of benzene rings is 2. The predicted octanol–water partition coefficient (Wildman–Crippen LogP) is 3.25. The summed E-state index contributed by atoms with van der Waals surface area (Å²) < 4.78 is 53.0. The summed E-state index contributed by atoms with van der Waals surface area (Å²) in [5, 5.41) is 10.8. The van der Waals surface area contributed by atoms with E-state index in [0.29, 0.717) is 11.6 Å². The third-order valence-electron chi connectivity index (χ3n) is 3.66. The molecule has 2 aromatic carbocycles. The number of nitrogens with zero attached hydrogens (tertiary/aromatic N) is 2. The monoisotopic (exact) mass is 356 g/mol. The van der Waals surface area contributed by atoms with Crippen LogP contribution in [0.3, 0.4) is 0 Å². The van der Waals surface area contributed by atoms with Gasteiger partial charge in [-0.25, -0.2) is 17.2 Å². The average molecular weight is 356 g/mol. The molecule has 0 aliphatic carbocycles. The molecule has 0 N–H and O–H groups in total. The van der Waals surface area contributed by atoms with Crippen LogP contribution < -0.4 is 0 Å². The van der Waals surface area contributed by atoms with Gasteiger partial charge in [0, 0.05) is 25.2 Å². The van der Waals surface area contributed by atoms with Gasteiger partial charge in [-0.1, -0.05) is 12.1 Å². The van der Waals surface area contributed by atoms with E-state index in [0.717, 1.165) is 16.4 Å². The molecule has 24 heavy (non-hydrogen) atoms. The minimum Gasteiger partial charge on any atom is -0.258 e. The lowest BCUT2D eigenvalue weighted by Gasteiger charge is -2.24. The Kier molecular flexibility index (Phi) is 4.95. The summed E-state index contributed by atoms with van der Waals surface area (Å²) in [4.78, 5) is 9.44. The molecule has 0 spiro atoms. The maximum atomic E-state index is 13.8. The fourth-order valence-electron chi connectivity index (χ4n) is 2.15. The molecule has 0 fully saturated rings. The van der Waals surface area contributed by atoms with E-state index in [1.54, 1.807) is 0 Å².